The Bertz CT molecular complexity index is 367. The van der Waals surface area contributed by atoms with Crippen molar-refractivity contribution in [2.24, 2.45) is 5.73 Å². The minimum Gasteiger partial charge on any atom is -0.506 e. The number of aryl methyl sites for hydroxylation is 1. The van der Waals surface area contributed by atoms with Gasteiger partial charge >= 0.3 is 0 Å². The minimum atomic E-state index is -0.189. The quantitative estimate of drug-likeness (QED) is 0.710. The average Bonchev–Trinajstić information content (AvgIpc) is 2.10. The summed E-state index contributed by atoms with van der Waals surface area (Å²) in [7, 11) is 0. The Balaban J connectivity index is 0.00000225. The Kier molecular flexibility index (Phi) is 5.85. The van der Waals surface area contributed by atoms with Gasteiger partial charge in [0.05, 0.1) is 5.69 Å². The molecule has 90 valence electrons. The number of carbonyl (C=O) groups is 1. The second kappa shape index (κ2) is 6.35. The minimum absolute atomic E-state index is 0. The number of aromatic hydroxyl groups is 1. The van der Waals surface area contributed by atoms with Crippen LogP contribution in [0.3, 0.4) is 0 Å². The second-order valence-corrected chi connectivity index (χ2v) is 3.75. The van der Waals surface area contributed by atoms with E-state index in [0.29, 0.717) is 5.69 Å². The summed E-state index contributed by atoms with van der Waals surface area (Å²) in [5, 5.41) is 12.1. The first-order chi connectivity index (χ1) is 6.99. The number of hydrogen-bond acceptors (Lipinski definition) is 3. The number of anilines is 1. The molecule has 16 heavy (non-hydrogen) atoms. The van der Waals surface area contributed by atoms with Crippen LogP contribution in [0, 0.1) is 6.92 Å². The van der Waals surface area contributed by atoms with Crippen LogP contribution in [-0.4, -0.2) is 17.1 Å². The SMILES string of the molecule is Cc1ccc(O)c(NC(=O)CC(C)N)c1.Cl. The number of benzene rings is 1. The number of phenolic OH excluding ortho intramolecular Hbond substituents is 1. The zero-order chi connectivity index (χ0) is 11.4. The molecule has 0 aliphatic carbocycles. The van der Waals surface area contributed by atoms with Crippen molar-refractivity contribution in [3.05, 3.63) is 23.8 Å². The van der Waals surface area contributed by atoms with Crippen molar-refractivity contribution in [3.8, 4) is 5.75 Å². The first kappa shape index (κ1) is 14.7. The molecule has 5 heteroatoms. The van der Waals surface area contributed by atoms with E-state index in [0.717, 1.165) is 5.56 Å². The van der Waals surface area contributed by atoms with Gasteiger partial charge in [-0.25, -0.2) is 0 Å². The van der Waals surface area contributed by atoms with Crippen LogP contribution in [0.5, 0.6) is 5.75 Å². The summed E-state index contributed by atoms with van der Waals surface area (Å²) in [6.45, 7) is 3.65. The summed E-state index contributed by atoms with van der Waals surface area (Å²) in [4.78, 5) is 11.4. The molecule has 1 aromatic rings. The number of halogens is 1. The molecule has 1 unspecified atom stereocenters. The first-order valence-corrected chi connectivity index (χ1v) is 4.84. The van der Waals surface area contributed by atoms with E-state index in [2.05, 4.69) is 5.32 Å². The topological polar surface area (TPSA) is 75.3 Å². The zero-order valence-corrected chi connectivity index (χ0v) is 10.2. The molecule has 4 N–H and O–H groups in total. The Morgan fingerprint density at radius 3 is 2.75 bits per heavy atom. The highest BCUT2D eigenvalue weighted by molar-refractivity contribution is 5.92. The maximum Gasteiger partial charge on any atom is 0.226 e. The van der Waals surface area contributed by atoms with Gasteiger partial charge in [-0.1, -0.05) is 6.07 Å². The maximum absolute atomic E-state index is 11.4. The molecule has 0 spiro atoms. The van der Waals surface area contributed by atoms with Gasteiger partial charge in [-0.3, -0.25) is 4.79 Å². The third-order valence-corrected chi connectivity index (χ3v) is 1.93. The molecule has 0 saturated heterocycles. The summed E-state index contributed by atoms with van der Waals surface area (Å²) < 4.78 is 0. The van der Waals surface area contributed by atoms with Crippen molar-refractivity contribution < 1.29 is 9.90 Å². The maximum atomic E-state index is 11.4. The molecule has 0 bridgehead atoms. The molecule has 1 atom stereocenters. The van der Waals surface area contributed by atoms with Gasteiger partial charge in [0.2, 0.25) is 5.91 Å². The molecule has 1 aromatic carbocycles. The second-order valence-electron chi connectivity index (χ2n) is 3.75. The number of rotatable bonds is 3. The van der Waals surface area contributed by atoms with Crippen molar-refractivity contribution in [2.45, 2.75) is 26.3 Å². The molecule has 0 aliphatic heterocycles. The zero-order valence-electron chi connectivity index (χ0n) is 9.36. The summed E-state index contributed by atoms with van der Waals surface area (Å²) in [6, 6.07) is 4.86. The number of phenols is 1. The van der Waals surface area contributed by atoms with E-state index >= 15 is 0 Å². The summed E-state index contributed by atoms with van der Waals surface area (Å²) in [5.74, 6) is -0.121. The lowest BCUT2D eigenvalue weighted by Gasteiger charge is -2.09. The van der Waals surface area contributed by atoms with Crippen molar-refractivity contribution in [3.63, 3.8) is 0 Å². The molecular formula is C11H17ClN2O2. The molecule has 0 aromatic heterocycles. The number of amides is 1. The van der Waals surface area contributed by atoms with Gasteiger partial charge in [0.25, 0.3) is 0 Å². The largest absolute Gasteiger partial charge is 0.506 e. The number of nitrogens with one attached hydrogen (secondary N) is 1. The average molecular weight is 245 g/mol. The standard InChI is InChI=1S/C11H16N2O2.ClH/c1-7-3-4-10(14)9(5-7)13-11(15)6-8(2)12;/h3-5,8,14H,6,12H2,1-2H3,(H,13,15);1H. The number of hydrogen-bond donors (Lipinski definition) is 3. The van der Waals surface area contributed by atoms with Crippen LogP contribution in [0.1, 0.15) is 18.9 Å². The summed E-state index contributed by atoms with van der Waals surface area (Å²) in [5.41, 5.74) is 6.90. The highest BCUT2D eigenvalue weighted by atomic mass is 35.5. The lowest BCUT2D eigenvalue weighted by atomic mass is 10.2. The van der Waals surface area contributed by atoms with Crippen LogP contribution >= 0.6 is 12.4 Å². The molecule has 4 nitrogen and oxygen atoms in total. The Hall–Kier alpha value is -1.26. The Labute approximate surface area is 101 Å². The Morgan fingerprint density at radius 2 is 2.19 bits per heavy atom. The Morgan fingerprint density at radius 1 is 1.56 bits per heavy atom. The number of carbonyl (C=O) groups excluding carboxylic acids is 1. The molecule has 0 heterocycles. The van der Waals surface area contributed by atoms with E-state index in [1.54, 1.807) is 25.1 Å². The molecule has 0 aliphatic rings. The highest BCUT2D eigenvalue weighted by Crippen LogP contribution is 2.23. The smallest absolute Gasteiger partial charge is 0.226 e. The van der Waals surface area contributed by atoms with Crippen molar-refractivity contribution in [1.82, 2.24) is 0 Å². The van der Waals surface area contributed by atoms with Crippen LogP contribution in [0.25, 0.3) is 0 Å². The van der Waals surface area contributed by atoms with E-state index in [9.17, 15) is 9.90 Å². The van der Waals surface area contributed by atoms with E-state index in [1.165, 1.54) is 0 Å². The van der Waals surface area contributed by atoms with E-state index in [1.807, 2.05) is 6.92 Å². The molecule has 1 rings (SSSR count). The molecule has 0 saturated carbocycles. The lowest BCUT2D eigenvalue weighted by molar-refractivity contribution is -0.116. The van der Waals surface area contributed by atoms with Gasteiger partial charge < -0.3 is 16.2 Å². The molecule has 0 fully saturated rings. The van der Waals surface area contributed by atoms with Gasteiger partial charge in [0, 0.05) is 12.5 Å². The van der Waals surface area contributed by atoms with Crippen molar-refractivity contribution >= 4 is 24.0 Å². The third kappa shape index (κ3) is 4.51. The van der Waals surface area contributed by atoms with Gasteiger partial charge in [-0.2, -0.15) is 0 Å². The van der Waals surface area contributed by atoms with Gasteiger partial charge in [0.15, 0.2) is 0 Å². The van der Waals surface area contributed by atoms with Crippen LogP contribution in [0.15, 0.2) is 18.2 Å². The summed E-state index contributed by atoms with van der Waals surface area (Å²) >= 11 is 0. The predicted octanol–water partition coefficient (Wildman–Crippen LogP) is 1.80. The molecule has 1 amide bonds. The van der Waals surface area contributed by atoms with E-state index in [-0.39, 0.29) is 36.5 Å². The monoisotopic (exact) mass is 244 g/mol. The fraction of sp³-hybridized carbons (Fsp3) is 0.364. The fourth-order valence-corrected chi connectivity index (χ4v) is 1.24. The highest BCUT2D eigenvalue weighted by Gasteiger charge is 2.08. The van der Waals surface area contributed by atoms with E-state index in [4.69, 9.17) is 5.73 Å². The number of nitrogens with two attached hydrogens (primary N) is 1. The van der Waals surface area contributed by atoms with Crippen molar-refractivity contribution in [2.75, 3.05) is 5.32 Å². The van der Waals surface area contributed by atoms with Gasteiger partial charge in [-0.15, -0.1) is 12.4 Å². The third-order valence-electron chi connectivity index (χ3n) is 1.93. The molecule has 0 radical (unpaired) electrons. The van der Waals surface area contributed by atoms with E-state index < -0.39 is 0 Å². The van der Waals surface area contributed by atoms with Crippen LogP contribution in [0.2, 0.25) is 0 Å². The normalized spacial score (nSPS) is 11.4. The van der Waals surface area contributed by atoms with Crippen molar-refractivity contribution in [1.29, 1.82) is 0 Å². The fourth-order valence-electron chi connectivity index (χ4n) is 1.24. The summed E-state index contributed by atoms with van der Waals surface area (Å²) in [6.07, 6.45) is 0.243. The van der Waals surface area contributed by atoms with Crippen LogP contribution in [-0.2, 0) is 4.79 Å². The van der Waals surface area contributed by atoms with Gasteiger partial charge in [-0.05, 0) is 31.5 Å². The first-order valence-electron chi connectivity index (χ1n) is 4.84. The molecular weight excluding hydrogens is 228 g/mol. The van der Waals surface area contributed by atoms with Gasteiger partial charge in [0.1, 0.15) is 5.75 Å². The van der Waals surface area contributed by atoms with Crippen LogP contribution in [0.4, 0.5) is 5.69 Å². The lowest BCUT2D eigenvalue weighted by Crippen LogP contribution is -2.24. The van der Waals surface area contributed by atoms with Crippen LogP contribution < -0.4 is 11.1 Å². The predicted molar refractivity (Wildman–Crippen MR) is 67.0 cm³/mol.